The lowest BCUT2D eigenvalue weighted by Gasteiger charge is -2.09. The van der Waals surface area contributed by atoms with Gasteiger partial charge < -0.3 is 16.0 Å². The van der Waals surface area contributed by atoms with Gasteiger partial charge in [0.15, 0.2) is 0 Å². The maximum absolute atomic E-state index is 13.4. The first-order valence-corrected chi connectivity index (χ1v) is 6.70. The lowest BCUT2D eigenvalue weighted by molar-refractivity contribution is -0.115. The SMILES string of the molecule is Cc1ccc(NC(=O)NCC(=O)Nc2ccccc2F)cc1. The summed E-state index contributed by atoms with van der Waals surface area (Å²) in [5.41, 5.74) is 1.78. The fourth-order valence-electron chi connectivity index (χ4n) is 1.73. The van der Waals surface area contributed by atoms with Crippen LogP contribution < -0.4 is 16.0 Å². The molecule has 6 heteroatoms. The average molecular weight is 301 g/mol. The molecule has 0 saturated heterocycles. The van der Waals surface area contributed by atoms with E-state index in [4.69, 9.17) is 0 Å². The Morgan fingerprint density at radius 3 is 2.36 bits per heavy atom. The Kier molecular flexibility index (Phi) is 5.08. The number of hydrogen-bond acceptors (Lipinski definition) is 2. The standard InChI is InChI=1S/C16H16FN3O2/c1-11-6-8-12(9-7-11)19-16(22)18-10-15(21)20-14-5-3-2-4-13(14)17/h2-9H,10H2,1H3,(H,20,21)(H2,18,19,22). The predicted molar refractivity (Wildman–Crippen MR) is 83.2 cm³/mol. The van der Waals surface area contributed by atoms with Crippen molar-refractivity contribution in [3.05, 3.63) is 59.9 Å². The molecule has 2 aromatic rings. The molecule has 0 saturated carbocycles. The molecule has 0 aliphatic carbocycles. The Morgan fingerprint density at radius 2 is 1.68 bits per heavy atom. The van der Waals surface area contributed by atoms with Gasteiger partial charge in [0.05, 0.1) is 12.2 Å². The van der Waals surface area contributed by atoms with Crippen molar-refractivity contribution in [2.24, 2.45) is 0 Å². The second-order valence-corrected chi connectivity index (χ2v) is 4.70. The van der Waals surface area contributed by atoms with Crippen molar-refractivity contribution < 1.29 is 14.0 Å². The molecule has 3 amide bonds. The largest absolute Gasteiger partial charge is 0.329 e. The Labute approximate surface area is 127 Å². The first kappa shape index (κ1) is 15.5. The van der Waals surface area contributed by atoms with Crippen LogP contribution in [0.25, 0.3) is 0 Å². The Bertz CT molecular complexity index is 671. The third kappa shape index (κ3) is 4.59. The number of carbonyl (C=O) groups excluding carboxylic acids is 2. The van der Waals surface area contributed by atoms with E-state index in [9.17, 15) is 14.0 Å². The van der Waals surface area contributed by atoms with Crippen LogP contribution in [0.5, 0.6) is 0 Å². The molecule has 0 fully saturated rings. The number of aryl methyl sites for hydroxylation is 1. The van der Waals surface area contributed by atoms with E-state index in [1.54, 1.807) is 18.2 Å². The van der Waals surface area contributed by atoms with Crippen LogP contribution >= 0.6 is 0 Å². The first-order chi connectivity index (χ1) is 10.5. The smallest absolute Gasteiger partial charge is 0.319 e. The minimum absolute atomic E-state index is 0.0771. The zero-order chi connectivity index (χ0) is 15.9. The normalized spacial score (nSPS) is 9.91. The Balaban J connectivity index is 1.79. The zero-order valence-electron chi connectivity index (χ0n) is 12.0. The summed E-state index contributed by atoms with van der Waals surface area (Å²) in [6.45, 7) is 1.68. The number of amides is 3. The second-order valence-electron chi connectivity index (χ2n) is 4.70. The molecule has 22 heavy (non-hydrogen) atoms. The van der Waals surface area contributed by atoms with Crippen molar-refractivity contribution in [3.8, 4) is 0 Å². The highest BCUT2D eigenvalue weighted by Crippen LogP contribution is 2.11. The number of rotatable bonds is 4. The number of nitrogens with one attached hydrogen (secondary N) is 3. The van der Waals surface area contributed by atoms with E-state index in [-0.39, 0.29) is 12.2 Å². The van der Waals surface area contributed by atoms with Crippen LogP contribution in [0.2, 0.25) is 0 Å². The molecule has 0 heterocycles. The molecular formula is C16H16FN3O2. The summed E-state index contributed by atoms with van der Waals surface area (Å²) in [4.78, 5) is 23.3. The quantitative estimate of drug-likeness (QED) is 0.812. The molecule has 3 N–H and O–H groups in total. The molecule has 5 nitrogen and oxygen atoms in total. The lowest BCUT2D eigenvalue weighted by atomic mass is 10.2. The van der Waals surface area contributed by atoms with Crippen LogP contribution in [0, 0.1) is 12.7 Å². The number of anilines is 2. The summed E-state index contributed by atoms with van der Waals surface area (Å²) in [7, 11) is 0. The van der Waals surface area contributed by atoms with Gasteiger partial charge in [-0.25, -0.2) is 9.18 Å². The monoisotopic (exact) mass is 301 g/mol. The van der Waals surface area contributed by atoms with E-state index < -0.39 is 17.8 Å². The molecule has 2 rings (SSSR count). The van der Waals surface area contributed by atoms with E-state index >= 15 is 0 Å². The van der Waals surface area contributed by atoms with Gasteiger partial charge in [-0.2, -0.15) is 0 Å². The van der Waals surface area contributed by atoms with Crippen LogP contribution in [0.3, 0.4) is 0 Å². The van der Waals surface area contributed by atoms with E-state index in [2.05, 4.69) is 16.0 Å². The van der Waals surface area contributed by atoms with Crippen molar-refractivity contribution in [2.75, 3.05) is 17.2 Å². The van der Waals surface area contributed by atoms with Gasteiger partial charge in [-0.3, -0.25) is 4.79 Å². The van der Waals surface area contributed by atoms with Crippen molar-refractivity contribution in [2.45, 2.75) is 6.92 Å². The highest BCUT2D eigenvalue weighted by molar-refractivity contribution is 5.96. The topological polar surface area (TPSA) is 70.2 Å². The molecule has 0 bridgehead atoms. The van der Waals surface area contributed by atoms with Crippen LogP contribution in [0.4, 0.5) is 20.6 Å². The molecule has 0 aliphatic rings. The van der Waals surface area contributed by atoms with Gasteiger partial charge >= 0.3 is 6.03 Å². The molecule has 0 spiro atoms. The predicted octanol–water partition coefficient (Wildman–Crippen LogP) is 2.89. The number of urea groups is 1. The highest BCUT2D eigenvalue weighted by atomic mass is 19.1. The van der Waals surface area contributed by atoms with Gasteiger partial charge in [-0.15, -0.1) is 0 Å². The minimum Gasteiger partial charge on any atom is -0.329 e. The number of hydrogen-bond donors (Lipinski definition) is 3. The zero-order valence-corrected chi connectivity index (χ0v) is 12.0. The maximum atomic E-state index is 13.4. The highest BCUT2D eigenvalue weighted by Gasteiger charge is 2.08. The van der Waals surface area contributed by atoms with E-state index in [0.717, 1.165) is 5.56 Å². The van der Waals surface area contributed by atoms with Gasteiger partial charge in [0.1, 0.15) is 5.82 Å². The summed E-state index contributed by atoms with van der Waals surface area (Å²) in [5, 5.41) is 7.38. The summed E-state index contributed by atoms with van der Waals surface area (Å²) in [5.74, 6) is -1.04. The molecule has 0 unspecified atom stereocenters. The summed E-state index contributed by atoms with van der Waals surface area (Å²) in [6, 6.07) is 12.6. The van der Waals surface area contributed by atoms with E-state index in [1.807, 2.05) is 19.1 Å². The first-order valence-electron chi connectivity index (χ1n) is 6.70. The molecule has 114 valence electrons. The van der Waals surface area contributed by atoms with E-state index in [0.29, 0.717) is 5.69 Å². The Morgan fingerprint density at radius 1 is 1.00 bits per heavy atom. The van der Waals surface area contributed by atoms with Gasteiger partial charge in [-0.1, -0.05) is 29.8 Å². The minimum atomic E-state index is -0.528. The van der Waals surface area contributed by atoms with Gasteiger partial charge in [0.2, 0.25) is 5.91 Å². The fourth-order valence-corrected chi connectivity index (χ4v) is 1.73. The van der Waals surface area contributed by atoms with Gasteiger partial charge in [0.25, 0.3) is 0 Å². The third-order valence-corrected chi connectivity index (χ3v) is 2.87. The number of para-hydroxylation sites is 1. The van der Waals surface area contributed by atoms with Gasteiger partial charge in [-0.05, 0) is 31.2 Å². The second kappa shape index (κ2) is 7.21. The van der Waals surface area contributed by atoms with Crippen LogP contribution in [-0.4, -0.2) is 18.5 Å². The van der Waals surface area contributed by atoms with Crippen molar-refractivity contribution >= 4 is 23.3 Å². The van der Waals surface area contributed by atoms with Crippen molar-refractivity contribution in [1.82, 2.24) is 5.32 Å². The van der Waals surface area contributed by atoms with Crippen molar-refractivity contribution in [1.29, 1.82) is 0 Å². The van der Waals surface area contributed by atoms with Gasteiger partial charge in [0, 0.05) is 5.69 Å². The average Bonchev–Trinajstić information content (AvgIpc) is 2.50. The molecule has 0 aliphatic heterocycles. The summed E-state index contributed by atoms with van der Waals surface area (Å²) >= 11 is 0. The number of carbonyl (C=O) groups is 2. The van der Waals surface area contributed by atoms with Crippen LogP contribution in [0.15, 0.2) is 48.5 Å². The fraction of sp³-hybridized carbons (Fsp3) is 0.125. The molecule has 0 radical (unpaired) electrons. The number of halogens is 1. The Hall–Kier alpha value is -2.89. The molecule has 2 aromatic carbocycles. The molecular weight excluding hydrogens is 285 g/mol. The molecule has 0 aromatic heterocycles. The summed E-state index contributed by atoms with van der Waals surface area (Å²) < 4.78 is 13.4. The van der Waals surface area contributed by atoms with Crippen LogP contribution in [-0.2, 0) is 4.79 Å². The van der Waals surface area contributed by atoms with Crippen LogP contribution in [0.1, 0.15) is 5.56 Å². The van der Waals surface area contributed by atoms with Crippen molar-refractivity contribution in [3.63, 3.8) is 0 Å². The summed E-state index contributed by atoms with van der Waals surface area (Å²) in [6.07, 6.45) is 0. The molecule has 0 atom stereocenters. The maximum Gasteiger partial charge on any atom is 0.319 e. The number of benzene rings is 2. The van der Waals surface area contributed by atoms with E-state index in [1.165, 1.54) is 18.2 Å². The lowest BCUT2D eigenvalue weighted by Crippen LogP contribution is -2.35. The third-order valence-electron chi connectivity index (χ3n) is 2.87.